The first-order valence-electron chi connectivity index (χ1n) is 9.79. The first kappa shape index (κ1) is 17.9. The van der Waals surface area contributed by atoms with Gasteiger partial charge in [0.25, 0.3) is 0 Å². The summed E-state index contributed by atoms with van der Waals surface area (Å²) < 4.78 is 0. The van der Waals surface area contributed by atoms with Crippen LogP contribution in [0.25, 0.3) is 43.8 Å². The van der Waals surface area contributed by atoms with Gasteiger partial charge in [0.1, 0.15) is 0 Å². The van der Waals surface area contributed by atoms with Crippen molar-refractivity contribution in [3.8, 4) is 22.3 Å². The van der Waals surface area contributed by atoms with Gasteiger partial charge >= 0.3 is 0 Å². The summed E-state index contributed by atoms with van der Waals surface area (Å²) in [5, 5.41) is 4.58. The van der Waals surface area contributed by atoms with E-state index in [-0.39, 0.29) is 0 Å². The number of nitrogen functional groups attached to an aromatic ring is 4. The van der Waals surface area contributed by atoms with Gasteiger partial charge in [-0.3, -0.25) is 0 Å². The van der Waals surface area contributed by atoms with Crippen LogP contribution in [0, 0.1) is 0 Å². The van der Waals surface area contributed by atoms with E-state index in [1.165, 1.54) is 0 Å². The zero-order valence-electron chi connectivity index (χ0n) is 16.4. The number of hydrogen-bond acceptors (Lipinski definition) is 4. The molecular formula is C26H22N4. The van der Waals surface area contributed by atoms with Crippen molar-refractivity contribution in [1.82, 2.24) is 0 Å². The molecule has 5 aromatic rings. The fraction of sp³-hybridized carbons (Fsp3) is 0. The fourth-order valence-corrected chi connectivity index (χ4v) is 4.21. The van der Waals surface area contributed by atoms with Crippen LogP contribution in [0.4, 0.5) is 22.7 Å². The van der Waals surface area contributed by atoms with Gasteiger partial charge in [-0.15, -0.1) is 0 Å². The normalized spacial score (nSPS) is 11.2. The minimum atomic E-state index is 0.580. The van der Waals surface area contributed by atoms with E-state index in [0.717, 1.165) is 43.8 Å². The van der Waals surface area contributed by atoms with Crippen LogP contribution >= 0.6 is 0 Å². The standard InChI is InChI=1S/C26H22N4/c27-21-11-9-15(13-23(21)29)25-17-5-1-2-6-18(17)26(20-8-4-3-7-19(20)25)16-10-12-22(28)24(30)14-16/h1-14H,27-30H2. The van der Waals surface area contributed by atoms with E-state index < -0.39 is 0 Å². The van der Waals surface area contributed by atoms with Gasteiger partial charge < -0.3 is 22.9 Å². The van der Waals surface area contributed by atoms with E-state index >= 15 is 0 Å². The number of nitrogens with two attached hydrogens (primary N) is 4. The van der Waals surface area contributed by atoms with Crippen LogP contribution in [0.1, 0.15) is 0 Å². The van der Waals surface area contributed by atoms with Gasteiger partial charge in [0, 0.05) is 0 Å². The molecule has 0 aliphatic rings. The van der Waals surface area contributed by atoms with Gasteiger partial charge in [-0.05, 0) is 68.1 Å². The Balaban J connectivity index is 1.96. The Bertz CT molecular complexity index is 1270. The third-order valence-corrected chi connectivity index (χ3v) is 5.68. The number of rotatable bonds is 2. The van der Waals surface area contributed by atoms with E-state index in [2.05, 4.69) is 48.5 Å². The predicted molar refractivity (Wildman–Crippen MR) is 130 cm³/mol. The third-order valence-electron chi connectivity index (χ3n) is 5.68. The topological polar surface area (TPSA) is 104 Å². The lowest BCUT2D eigenvalue weighted by Crippen LogP contribution is -1.97. The number of fused-ring (bicyclic) bond motifs is 2. The summed E-state index contributed by atoms with van der Waals surface area (Å²) in [6.45, 7) is 0. The smallest absolute Gasteiger partial charge is 0.0554 e. The highest BCUT2D eigenvalue weighted by molar-refractivity contribution is 6.21. The van der Waals surface area contributed by atoms with Crippen molar-refractivity contribution in [2.24, 2.45) is 0 Å². The van der Waals surface area contributed by atoms with Crippen molar-refractivity contribution in [2.45, 2.75) is 0 Å². The van der Waals surface area contributed by atoms with Crippen molar-refractivity contribution in [3.05, 3.63) is 84.9 Å². The first-order chi connectivity index (χ1) is 14.5. The molecule has 0 saturated carbocycles. The summed E-state index contributed by atoms with van der Waals surface area (Å²) in [4.78, 5) is 0. The van der Waals surface area contributed by atoms with Gasteiger partial charge in [-0.2, -0.15) is 0 Å². The molecular weight excluding hydrogens is 368 g/mol. The van der Waals surface area contributed by atoms with Crippen LogP contribution in [-0.2, 0) is 0 Å². The van der Waals surface area contributed by atoms with E-state index in [1.54, 1.807) is 0 Å². The minimum absolute atomic E-state index is 0.580. The van der Waals surface area contributed by atoms with Crippen molar-refractivity contribution < 1.29 is 0 Å². The highest BCUT2D eigenvalue weighted by Gasteiger charge is 2.17. The maximum atomic E-state index is 6.15. The van der Waals surface area contributed by atoms with Crippen LogP contribution < -0.4 is 22.9 Å². The van der Waals surface area contributed by atoms with Crippen molar-refractivity contribution in [3.63, 3.8) is 0 Å². The summed E-state index contributed by atoms with van der Waals surface area (Å²) in [6.07, 6.45) is 0. The largest absolute Gasteiger partial charge is 0.397 e. The molecule has 0 heterocycles. The van der Waals surface area contributed by atoms with Crippen LogP contribution in [0.3, 0.4) is 0 Å². The summed E-state index contributed by atoms with van der Waals surface area (Å²) in [5.41, 5.74) is 30.9. The predicted octanol–water partition coefficient (Wildman–Crippen LogP) is 5.66. The van der Waals surface area contributed by atoms with Crippen LogP contribution in [0.15, 0.2) is 84.9 Å². The zero-order chi connectivity index (χ0) is 20.8. The molecule has 5 rings (SSSR count). The Kier molecular flexibility index (Phi) is 4.00. The molecule has 8 N–H and O–H groups in total. The highest BCUT2D eigenvalue weighted by atomic mass is 14.7. The molecule has 0 spiro atoms. The summed E-state index contributed by atoms with van der Waals surface area (Å²) in [6, 6.07) is 28.5. The molecule has 0 radical (unpaired) electrons. The second-order valence-corrected chi connectivity index (χ2v) is 7.53. The Hall–Kier alpha value is -4.18. The summed E-state index contributed by atoms with van der Waals surface area (Å²) in [7, 11) is 0. The van der Waals surface area contributed by atoms with Gasteiger partial charge in [-0.25, -0.2) is 0 Å². The molecule has 0 unspecified atom stereocenters. The molecule has 4 nitrogen and oxygen atoms in total. The lowest BCUT2D eigenvalue weighted by atomic mass is 9.85. The molecule has 0 amide bonds. The average molecular weight is 390 g/mol. The van der Waals surface area contributed by atoms with Gasteiger partial charge in [0.15, 0.2) is 0 Å². The lowest BCUT2D eigenvalue weighted by molar-refractivity contribution is 1.63. The molecule has 4 heteroatoms. The summed E-state index contributed by atoms with van der Waals surface area (Å²) in [5.74, 6) is 0. The molecule has 0 saturated heterocycles. The van der Waals surface area contributed by atoms with Crippen molar-refractivity contribution in [2.75, 3.05) is 22.9 Å². The highest BCUT2D eigenvalue weighted by Crippen LogP contribution is 2.44. The maximum Gasteiger partial charge on any atom is 0.0554 e. The molecule has 0 aromatic heterocycles. The molecule has 0 fully saturated rings. The molecule has 146 valence electrons. The maximum absolute atomic E-state index is 6.15. The second kappa shape index (κ2) is 6.71. The average Bonchev–Trinajstić information content (AvgIpc) is 2.76. The first-order valence-corrected chi connectivity index (χ1v) is 9.79. The number of benzene rings is 5. The monoisotopic (exact) mass is 390 g/mol. The number of hydrogen-bond donors (Lipinski definition) is 4. The van der Waals surface area contributed by atoms with Crippen LogP contribution in [-0.4, -0.2) is 0 Å². The van der Waals surface area contributed by atoms with Crippen LogP contribution in [0.5, 0.6) is 0 Å². The molecule has 5 aromatic carbocycles. The lowest BCUT2D eigenvalue weighted by Gasteiger charge is -2.18. The Morgan fingerprint density at radius 2 is 0.700 bits per heavy atom. The number of anilines is 4. The SMILES string of the molecule is Nc1ccc(-c2c3ccccc3c(-c3ccc(N)c(N)c3)c3ccccc23)cc1N. The fourth-order valence-electron chi connectivity index (χ4n) is 4.21. The molecule has 30 heavy (non-hydrogen) atoms. The third kappa shape index (κ3) is 2.70. The molecule has 0 bridgehead atoms. The van der Waals surface area contributed by atoms with Gasteiger partial charge in [0.05, 0.1) is 22.7 Å². The quantitative estimate of drug-likeness (QED) is 0.231. The zero-order valence-corrected chi connectivity index (χ0v) is 16.4. The summed E-state index contributed by atoms with van der Waals surface area (Å²) >= 11 is 0. The minimum Gasteiger partial charge on any atom is -0.397 e. The van der Waals surface area contributed by atoms with E-state index in [0.29, 0.717) is 22.7 Å². The Morgan fingerprint density at radius 1 is 0.367 bits per heavy atom. The van der Waals surface area contributed by atoms with E-state index in [4.69, 9.17) is 22.9 Å². The van der Waals surface area contributed by atoms with Crippen molar-refractivity contribution >= 4 is 44.3 Å². The van der Waals surface area contributed by atoms with E-state index in [9.17, 15) is 0 Å². The molecule has 0 aliphatic carbocycles. The van der Waals surface area contributed by atoms with Crippen LogP contribution in [0.2, 0.25) is 0 Å². The Labute approximate surface area is 174 Å². The van der Waals surface area contributed by atoms with Gasteiger partial charge in [-0.1, -0.05) is 60.7 Å². The second-order valence-electron chi connectivity index (χ2n) is 7.53. The van der Waals surface area contributed by atoms with E-state index in [1.807, 2.05) is 36.4 Å². The van der Waals surface area contributed by atoms with Crippen molar-refractivity contribution in [1.29, 1.82) is 0 Å². The molecule has 0 aliphatic heterocycles. The molecule has 0 atom stereocenters. The van der Waals surface area contributed by atoms with Gasteiger partial charge in [0.2, 0.25) is 0 Å². The Morgan fingerprint density at radius 3 is 1.00 bits per heavy atom.